The van der Waals surface area contributed by atoms with Crippen LogP contribution in [0.4, 0.5) is 8.78 Å². The SMILES string of the molecule is COc1ccc(C(=O)N(CCCl)CC(F)F)cc1. The average Bonchev–Trinajstić information content (AvgIpc) is 2.37. The smallest absolute Gasteiger partial charge is 0.255 e. The zero-order chi connectivity index (χ0) is 13.5. The summed E-state index contributed by atoms with van der Waals surface area (Å²) in [7, 11) is 1.51. The minimum absolute atomic E-state index is 0.0940. The predicted octanol–water partition coefficient (Wildman–Crippen LogP) is 2.64. The van der Waals surface area contributed by atoms with Crippen molar-refractivity contribution in [3.05, 3.63) is 29.8 Å². The van der Waals surface area contributed by atoms with E-state index in [4.69, 9.17) is 16.3 Å². The minimum atomic E-state index is -2.57. The van der Waals surface area contributed by atoms with Crippen molar-refractivity contribution in [1.82, 2.24) is 4.90 Å². The molecule has 1 aromatic rings. The third kappa shape index (κ3) is 4.14. The summed E-state index contributed by atoms with van der Waals surface area (Å²) in [6.45, 7) is -0.520. The van der Waals surface area contributed by atoms with Gasteiger partial charge in [-0.25, -0.2) is 8.78 Å². The number of methoxy groups -OCH3 is 1. The minimum Gasteiger partial charge on any atom is -0.497 e. The molecule has 0 aliphatic carbocycles. The molecule has 1 amide bonds. The number of hydrogen-bond acceptors (Lipinski definition) is 2. The first-order valence-corrected chi connectivity index (χ1v) is 5.89. The molecular formula is C12H14ClF2NO2. The van der Waals surface area contributed by atoms with E-state index in [-0.39, 0.29) is 12.4 Å². The highest BCUT2D eigenvalue weighted by molar-refractivity contribution is 6.18. The van der Waals surface area contributed by atoms with Crippen molar-refractivity contribution in [1.29, 1.82) is 0 Å². The lowest BCUT2D eigenvalue weighted by Crippen LogP contribution is -2.36. The Morgan fingerprint density at radius 1 is 1.39 bits per heavy atom. The molecule has 3 nitrogen and oxygen atoms in total. The van der Waals surface area contributed by atoms with Gasteiger partial charge in [0.25, 0.3) is 12.3 Å². The molecule has 0 atom stereocenters. The Bertz CT molecular complexity index is 384. The third-order valence-electron chi connectivity index (χ3n) is 2.34. The highest BCUT2D eigenvalue weighted by Crippen LogP contribution is 2.14. The van der Waals surface area contributed by atoms with Crippen molar-refractivity contribution < 1.29 is 18.3 Å². The first-order valence-electron chi connectivity index (χ1n) is 5.36. The van der Waals surface area contributed by atoms with E-state index in [0.717, 1.165) is 4.90 Å². The number of hydrogen-bond donors (Lipinski definition) is 0. The number of amides is 1. The van der Waals surface area contributed by atoms with Gasteiger partial charge in [-0.1, -0.05) is 0 Å². The summed E-state index contributed by atoms with van der Waals surface area (Å²) in [5.74, 6) is 0.261. The number of halogens is 3. The molecule has 0 unspecified atom stereocenters. The Kier molecular flexibility index (Phi) is 5.85. The van der Waals surface area contributed by atoms with E-state index >= 15 is 0 Å². The molecule has 1 rings (SSSR count). The van der Waals surface area contributed by atoms with E-state index in [1.807, 2.05) is 0 Å². The van der Waals surface area contributed by atoms with Crippen LogP contribution in [0.15, 0.2) is 24.3 Å². The molecule has 0 aliphatic rings. The third-order valence-corrected chi connectivity index (χ3v) is 2.51. The van der Waals surface area contributed by atoms with E-state index in [1.54, 1.807) is 12.1 Å². The number of alkyl halides is 3. The van der Waals surface area contributed by atoms with E-state index in [0.29, 0.717) is 11.3 Å². The number of benzene rings is 1. The van der Waals surface area contributed by atoms with Gasteiger partial charge in [0.15, 0.2) is 0 Å². The molecule has 0 radical (unpaired) electrons. The Morgan fingerprint density at radius 3 is 2.44 bits per heavy atom. The Labute approximate surface area is 109 Å². The molecule has 0 bridgehead atoms. The van der Waals surface area contributed by atoms with Crippen LogP contribution in [0.2, 0.25) is 0 Å². The lowest BCUT2D eigenvalue weighted by atomic mass is 10.2. The summed E-state index contributed by atoms with van der Waals surface area (Å²) in [5, 5.41) is 0. The highest BCUT2D eigenvalue weighted by atomic mass is 35.5. The van der Waals surface area contributed by atoms with Gasteiger partial charge in [0, 0.05) is 18.0 Å². The van der Waals surface area contributed by atoms with Gasteiger partial charge in [-0.15, -0.1) is 11.6 Å². The predicted molar refractivity (Wildman–Crippen MR) is 65.6 cm³/mol. The molecule has 0 heterocycles. The lowest BCUT2D eigenvalue weighted by Gasteiger charge is -2.21. The van der Waals surface area contributed by atoms with Crippen molar-refractivity contribution in [2.45, 2.75) is 6.43 Å². The molecular weight excluding hydrogens is 264 g/mol. The van der Waals surface area contributed by atoms with Gasteiger partial charge in [-0.2, -0.15) is 0 Å². The molecule has 0 fully saturated rings. The number of rotatable bonds is 6. The summed E-state index contributed by atoms with van der Waals surface area (Å²) in [6.07, 6.45) is -2.57. The molecule has 0 aromatic heterocycles. The van der Waals surface area contributed by atoms with Gasteiger partial charge in [-0.3, -0.25) is 4.79 Å². The molecule has 0 N–H and O–H groups in total. The number of carbonyl (C=O) groups excluding carboxylic acids is 1. The summed E-state index contributed by atoms with van der Waals surface area (Å²) >= 11 is 5.50. The van der Waals surface area contributed by atoms with E-state index in [2.05, 4.69) is 0 Å². The Hall–Kier alpha value is -1.36. The zero-order valence-corrected chi connectivity index (χ0v) is 10.7. The Balaban J connectivity index is 2.80. The van der Waals surface area contributed by atoms with Crippen molar-refractivity contribution in [3.8, 4) is 5.75 Å². The summed E-state index contributed by atoms with van der Waals surface area (Å²) in [4.78, 5) is 13.0. The monoisotopic (exact) mass is 277 g/mol. The van der Waals surface area contributed by atoms with Gasteiger partial charge in [0.1, 0.15) is 5.75 Å². The second-order valence-electron chi connectivity index (χ2n) is 3.56. The molecule has 0 aliphatic heterocycles. The highest BCUT2D eigenvalue weighted by Gasteiger charge is 2.19. The molecule has 100 valence electrons. The van der Waals surface area contributed by atoms with Gasteiger partial charge in [0.05, 0.1) is 13.7 Å². The van der Waals surface area contributed by atoms with Gasteiger partial charge < -0.3 is 9.64 Å². The molecule has 0 saturated carbocycles. The van der Waals surface area contributed by atoms with Crippen LogP contribution in [-0.4, -0.2) is 43.3 Å². The van der Waals surface area contributed by atoms with Gasteiger partial charge in [0.2, 0.25) is 0 Å². The van der Waals surface area contributed by atoms with Crippen LogP contribution < -0.4 is 4.74 Å². The molecule has 0 saturated heterocycles. The second-order valence-corrected chi connectivity index (χ2v) is 3.94. The van der Waals surface area contributed by atoms with Crippen LogP contribution in [0.25, 0.3) is 0 Å². The van der Waals surface area contributed by atoms with E-state index < -0.39 is 18.9 Å². The maximum atomic E-state index is 12.3. The van der Waals surface area contributed by atoms with Gasteiger partial charge >= 0.3 is 0 Å². The van der Waals surface area contributed by atoms with Crippen molar-refractivity contribution in [2.75, 3.05) is 26.1 Å². The summed E-state index contributed by atoms with van der Waals surface area (Å²) in [6, 6.07) is 6.28. The van der Waals surface area contributed by atoms with Crippen molar-refractivity contribution in [3.63, 3.8) is 0 Å². The molecule has 0 spiro atoms. The second kappa shape index (κ2) is 7.16. The molecule has 18 heavy (non-hydrogen) atoms. The standard InChI is InChI=1S/C12H14ClF2NO2/c1-18-10-4-2-9(3-5-10)12(17)16(7-6-13)8-11(14)15/h2-5,11H,6-8H2,1H3. The fourth-order valence-corrected chi connectivity index (χ4v) is 1.66. The zero-order valence-electron chi connectivity index (χ0n) is 9.91. The number of ether oxygens (including phenoxy) is 1. The molecule has 6 heteroatoms. The van der Waals surface area contributed by atoms with Crippen LogP contribution in [0.5, 0.6) is 5.75 Å². The van der Waals surface area contributed by atoms with Crippen LogP contribution in [0.3, 0.4) is 0 Å². The normalized spacial score (nSPS) is 10.5. The van der Waals surface area contributed by atoms with Crippen molar-refractivity contribution in [2.24, 2.45) is 0 Å². The Morgan fingerprint density at radius 2 is 2.00 bits per heavy atom. The lowest BCUT2D eigenvalue weighted by molar-refractivity contribution is 0.0571. The maximum Gasteiger partial charge on any atom is 0.255 e. The fraction of sp³-hybridized carbons (Fsp3) is 0.417. The first kappa shape index (κ1) is 14.7. The van der Waals surface area contributed by atoms with Gasteiger partial charge in [-0.05, 0) is 24.3 Å². The molecule has 1 aromatic carbocycles. The van der Waals surface area contributed by atoms with E-state index in [1.165, 1.54) is 19.2 Å². The van der Waals surface area contributed by atoms with Crippen LogP contribution >= 0.6 is 11.6 Å². The number of carbonyl (C=O) groups is 1. The summed E-state index contributed by atoms with van der Waals surface area (Å²) in [5.41, 5.74) is 0.335. The van der Waals surface area contributed by atoms with Crippen molar-refractivity contribution >= 4 is 17.5 Å². The van der Waals surface area contributed by atoms with Crippen LogP contribution in [0.1, 0.15) is 10.4 Å². The maximum absolute atomic E-state index is 12.3. The topological polar surface area (TPSA) is 29.5 Å². The van der Waals surface area contributed by atoms with E-state index in [9.17, 15) is 13.6 Å². The van der Waals surface area contributed by atoms with Crippen LogP contribution in [0, 0.1) is 0 Å². The summed E-state index contributed by atoms with van der Waals surface area (Å²) < 4.78 is 29.6. The average molecular weight is 278 g/mol. The number of nitrogens with zero attached hydrogens (tertiary/aromatic N) is 1. The van der Waals surface area contributed by atoms with Crippen LogP contribution in [-0.2, 0) is 0 Å². The largest absolute Gasteiger partial charge is 0.497 e. The fourth-order valence-electron chi connectivity index (χ4n) is 1.46. The first-order chi connectivity index (χ1) is 8.58. The quantitative estimate of drug-likeness (QED) is 0.748.